The third-order valence-corrected chi connectivity index (χ3v) is 3.98. The number of nitrogens with two attached hydrogens (primary N) is 1. The van der Waals surface area contributed by atoms with E-state index < -0.39 is 0 Å². The minimum atomic E-state index is 0.147. The molecule has 0 aromatic heterocycles. The van der Waals surface area contributed by atoms with Crippen LogP contribution >= 0.6 is 0 Å². The lowest BCUT2D eigenvalue weighted by Crippen LogP contribution is -2.37. The molecule has 1 aliphatic heterocycles. The first-order chi connectivity index (χ1) is 9.97. The van der Waals surface area contributed by atoms with Gasteiger partial charge in [0.15, 0.2) is 0 Å². The predicted octanol–water partition coefficient (Wildman–Crippen LogP) is 2.83. The summed E-state index contributed by atoms with van der Waals surface area (Å²) in [5.41, 5.74) is 8.20. The second-order valence-corrected chi connectivity index (χ2v) is 6.55. The van der Waals surface area contributed by atoms with Crippen molar-refractivity contribution in [2.75, 3.05) is 44.4 Å². The van der Waals surface area contributed by atoms with Gasteiger partial charge < -0.3 is 20.3 Å². The van der Waals surface area contributed by atoms with Crippen molar-refractivity contribution in [1.82, 2.24) is 4.90 Å². The summed E-state index contributed by atoms with van der Waals surface area (Å²) >= 11 is 0. The Hall–Kier alpha value is -1.42. The van der Waals surface area contributed by atoms with Gasteiger partial charge in [0.2, 0.25) is 0 Å². The Morgan fingerprint density at radius 2 is 1.95 bits per heavy atom. The van der Waals surface area contributed by atoms with Crippen LogP contribution in [0.25, 0.3) is 0 Å². The van der Waals surface area contributed by atoms with Crippen molar-refractivity contribution in [3.8, 4) is 5.75 Å². The van der Waals surface area contributed by atoms with Crippen molar-refractivity contribution < 1.29 is 4.74 Å². The number of rotatable bonds is 5. The van der Waals surface area contributed by atoms with Crippen molar-refractivity contribution >= 4 is 11.4 Å². The number of anilines is 2. The molecule has 4 heteroatoms. The van der Waals surface area contributed by atoms with Gasteiger partial charge in [0.1, 0.15) is 5.75 Å². The molecule has 4 nitrogen and oxygen atoms in total. The van der Waals surface area contributed by atoms with Gasteiger partial charge in [-0.1, -0.05) is 6.07 Å². The SMILES string of the molecule is CC(C)Oc1cccc(N2CCC(CN(C)C)CC2)c1N. The molecule has 0 spiro atoms. The molecule has 1 aliphatic rings. The van der Waals surface area contributed by atoms with E-state index in [-0.39, 0.29) is 6.10 Å². The molecule has 1 aromatic rings. The molecular weight excluding hydrogens is 262 g/mol. The molecule has 0 atom stereocenters. The maximum absolute atomic E-state index is 6.30. The maximum atomic E-state index is 6.30. The van der Waals surface area contributed by atoms with Gasteiger partial charge in [0.25, 0.3) is 0 Å². The van der Waals surface area contributed by atoms with Crippen molar-refractivity contribution in [3.05, 3.63) is 18.2 Å². The van der Waals surface area contributed by atoms with Crippen LogP contribution in [0.4, 0.5) is 11.4 Å². The second kappa shape index (κ2) is 7.03. The average Bonchev–Trinajstić information content (AvgIpc) is 2.41. The van der Waals surface area contributed by atoms with Crippen LogP contribution < -0.4 is 15.4 Å². The molecule has 2 rings (SSSR count). The van der Waals surface area contributed by atoms with Gasteiger partial charge in [-0.25, -0.2) is 0 Å². The second-order valence-electron chi connectivity index (χ2n) is 6.55. The Morgan fingerprint density at radius 3 is 2.52 bits per heavy atom. The molecule has 1 saturated heterocycles. The van der Waals surface area contributed by atoms with E-state index in [1.54, 1.807) is 0 Å². The van der Waals surface area contributed by atoms with Crippen LogP contribution in [0.5, 0.6) is 5.75 Å². The fraction of sp³-hybridized carbons (Fsp3) is 0.647. The van der Waals surface area contributed by atoms with Gasteiger partial charge >= 0.3 is 0 Å². The monoisotopic (exact) mass is 291 g/mol. The molecule has 2 N–H and O–H groups in total. The fourth-order valence-electron chi connectivity index (χ4n) is 3.04. The molecule has 21 heavy (non-hydrogen) atoms. The van der Waals surface area contributed by atoms with Crippen LogP contribution in [-0.4, -0.2) is 44.7 Å². The van der Waals surface area contributed by atoms with Crippen LogP contribution in [-0.2, 0) is 0 Å². The van der Waals surface area contributed by atoms with E-state index in [2.05, 4.69) is 30.0 Å². The van der Waals surface area contributed by atoms with Crippen molar-refractivity contribution in [1.29, 1.82) is 0 Å². The average molecular weight is 291 g/mol. The first-order valence-electron chi connectivity index (χ1n) is 7.92. The zero-order valence-corrected chi connectivity index (χ0v) is 13.8. The Bertz CT molecular complexity index is 451. The molecule has 1 fully saturated rings. The summed E-state index contributed by atoms with van der Waals surface area (Å²) in [5, 5.41) is 0. The Labute approximate surface area is 128 Å². The molecule has 1 aromatic carbocycles. The third kappa shape index (κ3) is 4.27. The van der Waals surface area contributed by atoms with Gasteiger partial charge in [-0.15, -0.1) is 0 Å². The first-order valence-corrected chi connectivity index (χ1v) is 7.92. The lowest BCUT2D eigenvalue weighted by Gasteiger charge is -2.35. The lowest BCUT2D eigenvalue weighted by molar-refractivity contribution is 0.244. The van der Waals surface area contributed by atoms with E-state index in [4.69, 9.17) is 10.5 Å². The number of piperidine rings is 1. The minimum absolute atomic E-state index is 0.147. The Kier molecular flexibility index (Phi) is 5.34. The number of ether oxygens (including phenoxy) is 1. The Morgan fingerprint density at radius 1 is 1.29 bits per heavy atom. The molecule has 118 valence electrons. The molecule has 0 saturated carbocycles. The van der Waals surface area contributed by atoms with Gasteiger partial charge in [-0.2, -0.15) is 0 Å². The van der Waals surface area contributed by atoms with Crippen LogP contribution in [0.3, 0.4) is 0 Å². The van der Waals surface area contributed by atoms with Crippen molar-refractivity contribution in [2.24, 2.45) is 5.92 Å². The number of hydrogen-bond donors (Lipinski definition) is 1. The lowest BCUT2D eigenvalue weighted by atomic mass is 9.96. The highest BCUT2D eigenvalue weighted by molar-refractivity contribution is 5.74. The maximum Gasteiger partial charge on any atom is 0.144 e. The van der Waals surface area contributed by atoms with Crippen molar-refractivity contribution in [3.63, 3.8) is 0 Å². The number of benzene rings is 1. The zero-order valence-electron chi connectivity index (χ0n) is 13.8. The number of nitrogens with zero attached hydrogens (tertiary/aromatic N) is 2. The van der Waals surface area contributed by atoms with Gasteiger partial charge in [0, 0.05) is 19.6 Å². The number of hydrogen-bond acceptors (Lipinski definition) is 4. The normalized spacial score (nSPS) is 16.8. The van der Waals surface area contributed by atoms with E-state index in [0.717, 1.165) is 36.1 Å². The summed E-state index contributed by atoms with van der Waals surface area (Å²) in [5.74, 6) is 1.60. The summed E-state index contributed by atoms with van der Waals surface area (Å²) < 4.78 is 5.79. The Balaban J connectivity index is 2.03. The van der Waals surface area contributed by atoms with Crippen LogP contribution in [0, 0.1) is 5.92 Å². The zero-order chi connectivity index (χ0) is 15.4. The summed E-state index contributed by atoms with van der Waals surface area (Å²) in [6.07, 6.45) is 2.60. The largest absolute Gasteiger partial charge is 0.489 e. The molecule has 0 bridgehead atoms. The molecule has 0 aliphatic carbocycles. The number of para-hydroxylation sites is 1. The highest BCUT2D eigenvalue weighted by Crippen LogP contribution is 2.35. The van der Waals surface area contributed by atoms with Crippen LogP contribution in [0.1, 0.15) is 26.7 Å². The van der Waals surface area contributed by atoms with Crippen LogP contribution in [0.2, 0.25) is 0 Å². The molecule has 0 amide bonds. The summed E-state index contributed by atoms with van der Waals surface area (Å²) in [4.78, 5) is 4.68. The van der Waals surface area contributed by atoms with E-state index in [1.807, 2.05) is 26.0 Å². The predicted molar refractivity (Wildman–Crippen MR) is 90.1 cm³/mol. The summed E-state index contributed by atoms with van der Waals surface area (Å²) in [6.45, 7) is 7.39. The summed E-state index contributed by atoms with van der Waals surface area (Å²) in [7, 11) is 4.30. The highest BCUT2D eigenvalue weighted by Gasteiger charge is 2.22. The summed E-state index contributed by atoms with van der Waals surface area (Å²) in [6, 6.07) is 6.10. The van der Waals surface area contributed by atoms with E-state index >= 15 is 0 Å². The highest BCUT2D eigenvalue weighted by atomic mass is 16.5. The number of nitrogen functional groups attached to an aromatic ring is 1. The van der Waals surface area contributed by atoms with Gasteiger partial charge in [0.05, 0.1) is 17.5 Å². The molecular formula is C17H29N3O. The van der Waals surface area contributed by atoms with E-state index in [0.29, 0.717) is 0 Å². The molecule has 0 unspecified atom stereocenters. The smallest absolute Gasteiger partial charge is 0.144 e. The van der Waals surface area contributed by atoms with Crippen molar-refractivity contribution in [2.45, 2.75) is 32.8 Å². The molecule has 1 heterocycles. The fourth-order valence-corrected chi connectivity index (χ4v) is 3.04. The van der Waals surface area contributed by atoms with Crippen LogP contribution in [0.15, 0.2) is 18.2 Å². The topological polar surface area (TPSA) is 41.7 Å². The third-order valence-electron chi connectivity index (χ3n) is 3.98. The van der Waals surface area contributed by atoms with E-state index in [1.165, 1.54) is 19.4 Å². The van der Waals surface area contributed by atoms with E-state index in [9.17, 15) is 0 Å². The molecule has 0 radical (unpaired) electrons. The van der Waals surface area contributed by atoms with Gasteiger partial charge in [-0.3, -0.25) is 0 Å². The first kappa shape index (κ1) is 16.0. The standard InChI is InChI=1S/C17H29N3O/c1-13(2)21-16-7-5-6-15(17(16)18)20-10-8-14(9-11-20)12-19(3)4/h5-7,13-14H,8-12,18H2,1-4H3. The minimum Gasteiger partial charge on any atom is -0.489 e. The van der Waals surface area contributed by atoms with Gasteiger partial charge in [-0.05, 0) is 58.8 Å². The quantitative estimate of drug-likeness (QED) is 0.847.